The van der Waals surface area contributed by atoms with Gasteiger partial charge in [0.25, 0.3) is 0 Å². The van der Waals surface area contributed by atoms with Gasteiger partial charge in [-0.25, -0.2) is 4.98 Å². The monoisotopic (exact) mass is 300 g/mol. The molecule has 118 valence electrons. The summed E-state index contributed by atoms with van der Waals surface area (Å²) in [5.41, 5.74) is 1.10. The standard InChI is InChI=1S/C17H24N4O/c1-14-11-20-17(22-14)13-21(12-15-5-2-3-9-19-15)16-6-4-8-18-10-7-16/h2-3,5,9,11,16,18H,4,6-8,10,12-13H2,1H3. The smallest absolute Gasteiger partial charge is 0.208 e. The number of oxazole rings is 1. The third-order valence-corrected chi connectivity index (χ3v) is 4.16. The van der Waals surface area contributed by atoms with Crippen LogP contribution < -0.4 is 5.32 Å². The van der Waals surface area contributed by atoms with Crippen molar-refractivity contribution in [2.24, 2.45) is 0 Å². The van der Waals surface area contributed by atoms with Gasteiger partial charge in [0.15, 0.2) is 0 Å². The predicted molar refractivity (Wildman–Crippen MR) is 85.2 cm³/mol. The van der Waals surface area contributed by atoms with Crippen molar-refractivity contribution in [3.63, 3.8) is 0 Å². The first-order chi connectivity index (χ1) is 10.8. The fourth-order valence-electron chi connectivity index (χ4n) is 3.03. The van der Waals surface area contributed by atoms with Crippen molar-refractivity contribution < 1.29 is 4.42 Å². The van der Waals surface area contributed by atoms with Gasteiger partial charge in [0.2, 0.25) is 5.89 Å². The Morgan fingerprint density at radius 1 is 1.23 bits per heavy atom. The predicted octanol–water partition coefficient (Wildman–Crippen LogP) is 2.52. The zero-order valence-electron chi connectivity index (χ0n) is 13.2. The van der Waals surface area contributed by atoms with Gasteiger partial charge >= 0.3 is 0 Å². The molecule has 3 rings (SSSR count). The highest BCUT2D eigenvalue weighted by Crippen LogP contribution is 2.19. The van der Waals surface area contributed by atoms with E-state index in [1.165, 1.54) is 12.8 Å². The number of nitrogens with one attached hydrogen (secondary N) is 1. The lowest BCUT2D eigenvalue weighted by atomic mass is 10.1. The maximum atomic E-state index is 5.68. The minimum absolute atomic E-state index is 0.546. The van der Waals surface area contributed by atoms with Crippen LogP contribution in [-0.2, 0) is 13.1 Å². The van der Waals surface area contributed by atoms with Gasteiger partial charge in [-0.15, -0.1) is 0 Å². The second-order valence-corrected chi connectivity index (χ2v) is 5.93. The first kappa shape index (κ1) is 15.2. The van der Waals surface area contributed by atoms with E-state index in [4.69, 9.17) is 4.42 Å². The molecule has 1 aliphatic heterocycles. The van der Waals surface area contributed by atoms with Crippen molar-refractivity contribution >= 4 is 0 Å². The van der Waals surface area contributed by atoms with Crippen molar-refractivity contribution in [3.05, 3.63) is 47.9 Å². The molecule has 1 atom stereocenters. The number of aromatic nitrogens is 2. The summed E-state index contributed by atoms with van der Waals surface area (Å²) >= 11 is 0. The zero-order chi connectivity index (χ0) is 15.2. The highest BCUT2D eigenvalue weighted by molar-refractivity contribution is 5.04. The van der Waals surface area contributed by atoms with E-state index >= 15 is 0 Å². The molecular weight excluding hydrogens is 276 g/mol. The van der Waals surface area contributed by atoms with Crippen LogP contribution in [0.2, 0.25) is 0 Å². The molecule has 0 spiro atoms. The van der Waals surface area contributed by atoms with Crippen LogP contribution in [-0.4, -0.2) is 34.0 Å². The minimum Gasteiger partial charge on any atom is -0.445 e. The summed E-state index contributed by atoms with van der Waals surface area (Å²) < 4.78 is 5.68. The molecule has 0 amide bonds. The molecule has 0 aromatic carbocycles. The van der Waals surface area contributed by atoms with Crippen LogP contribution in [0.4, 0.5) is 0 Å². The molecule has 0 aliphatic carbocycles. The van der Waals surface area contributed by atoms with E-state index in [9.17, 15) is 0 Å². The van der Waals surface area contributed by atoms with Gasteiger partial charge in [-0.05, 0) is 51.4 Å². The Labute approximate surface area is 131 Å². The molecule has 1 N–H and O–H groups in total. The largest absolute Gasteiger partial charge is 0.445 e. The molecule has 2 aromatic heterocycles. The molecule has 0 radical (unpaired) electrons. The molecule has 1 fully saturated rings. The topological polar surface area (TPSA) is 54.2 Å². The lowest BCUT2D eigenvalue weighted by Gasteiger charge is -2.29. The molecule has 1 saturated heterocycles. The van der Waals surface area contributed by atoms with Gasteiger partial charge in [0.1, 0.15) is 5.76 Å². The Balaban J connectivity index is 1.74. The van der Waals surface area contributed by atoms with Gasteiger partial charge < -0.3 is 9.73 Å². The van der Waals surface area contributed by atoms with Crippen molar-refractivity contribution in [3.8, 4) is 0 Å². The SMILES string of the molecule is Cc1cnc(CN(Cc2ccccn2)C2CCCNCC2)o1. The van der Waals surface area contributed by atoms with Crippen molar-refractivity contribution in [2.75, 3.05) is 13.1 Å². The highest BCUT2D eigenvalue weighted by atomic mass is 16.4. The number of pyridine rings is 1. The van der Waals surface area contributed by atoms with Gasteiger partial charge in [-0.2, -0.15) is 0 Å². The molecule has 2 aromatic rings. The minimum atomic E-state index is 0.546. The maximum Gasteiger partial charge on any atom is 0.208 e. The lowest BCUT2D eigenvalue weighted by molar-refractivity contribution is 0.147. The first-order valence-corrected chi connectivity index (χ1v) is 8.07. The fraction of sp³-hybridized carbons (Fsp3) is 0.529. The van der Waals surface area contributed by atoms with Crippen LogP contribution >= 0.6 is 0 Å². The van der Waals surface area contributed by atoms with Crippen molar-refractivity contribution in [1.82, 2.24) is 20.2 Å². The van der Waals surface area contributed by atoms with E-state index in [1.807, 2.05) is 25.3 Å². The summed E-state index contributed by atoms with van der Waals surface area (Å²) in [4.78, 5) is 11.3. The Hall–Kier alpha value is -1.72. The molecule has 5 heteroatoms. The van der Waals surface area contributed by atoms with E-state index in [2.05, 4.69) is 26.3 Å². The number of rotatable bonds is 5. The summed E-state index contributed by atoms with van der Waals surface area (Å²) in [6.07, 6.45) is 7.24. The van der Waals surface area contributed by atoms with Crippen molar-refractivity contribution in [2.45, 2.75) is 45.3 Å². The number of nitrogens with zero attached hydrogens (tertiary/aromatic N) is 3. The Morgan fingerprint density at radius 2 is 2.18 bits per heavy atom. The van der Waals surface area contributed by atoms with E-state index < -0.39 is 0 Å². The van der Waals surface area contributed by atoms with Crippen LogP contribution in [0.15, 0.2) is 35.0 Å². The molecule has 0 bridgehead atoms. The third-order valence-electron chi connectivity index (χ3n) is 4.16. The summed E-state index contributed by atoms with van der Waals surface area (Å²) in [6, 6.07) is 6.64. The van der Waals surface area contributed by atoms with Crippen molar-refractivity contribution in [1.29, 1.82) is 0 Å². The zero-order valence-corrected chi connectivity index (χ0v) is 13.2. The summed E-state index contributed by atoms with van der Waals surface area (Å²) in [5, 5.41) is 3.48. The maximum absolute atomic E-state index is 5.68. The fourth-order valence-corrected chi connectivity index (χ4v) is 3.03. The van der Waals surface area contributed by atoms with Gasteiger partial charge in [-0.3, -0.25) is 9.88 Å². The highest BCUT2D eigenvalue weighted by Gasteiger charge is 2.22. The summed E-state index contributed by atoms with van der Waals surface area (Å²) in [5.74, 6) is 1.67. The third kappa shape index (κ3) is 4.15. The molecule has 3 heterocycles. The molecule has 1 unspecified atom stereocenters. The second kappa shape index (κ2) is 7.51. The number of hydrogen-bond donors (Lipinski definition) is 1. The van der Waals surface area contributed by atoms with E-state index in [-0.39, 0.29) is 0 Å². The summed E-state index contributed by atoms with van der Waals surface area (Å²) in [6.45, 7) is 5.72. The van der Waals surface area contributed by atoms with E-state index in [1.54, 1.807) is 6.20 Å². The van der Waals surface area contributed by atoms with E-state index in [0.717, 1.165) is 49.9 Å². The molecule has 22 heavy (non-hydrogen) atoms. The Morgan fingerprint density at radius 3 is 2.95 bits per heavy atom. The Bertz CT molecular complexity index is 561. The van der Waals surface area contributed by atoms with Crippen LogP contribution in [0, 0.1) is 6.92 Å². The quantitative estimate of drug-likeness (QED) is 0.919. The molecular formula is C17H24N4O. The lowest BCUT2D eigenvalue weighted by Crippen LogP contribution is -2.35. The van der Waals surface area contributed by atoms with Gasteiger partial charge in [0.05, 0.1) is 18.4 Å². The number of aryl methyl sites for hydroxylation is 1. The van der Waals surface area contributed by atoms with Gasteiger partial charge in [0, 0.05) is 18.8 Å². The van der Waals surface area contributed by atoms with E-state index in [0.29, 0.717) is 6.04 Å². The second-order valence-electron chi connectivity index (χ2n) is 5.93. The van der Waals surface area contributed by atoms with Crippen LogP contribution in [0.3, 0.4) is 0 Å². The van der Waals surface area contributed by atoms with Crippen LogP contribution in [0.25, 0.3) is 0 Å². The first-order valence-electron chi connectivity index (χ1n) is 8.07. The number of hydrogen-bond acceptors (Lipinski definition) is 5. The van der Waals surface area contributed by atoms with Gasteiger partial charge in [-0.1, -0.05) is 6.07 Å². The average molecular weight is 300 g/mol. The van der Waals surface area contributed by atoms with Crippen LogP contribution in [0.5, 0.6) is 0 Å². The molecule has 0 saturated carbocycles. The molecule has 1 aliphatic rings. The molecule has 5 nitrogen and oxygen atoms in total. The Kier molecular flexibility index (Phi) is 5.19. The normalized spacial score (nSPS) is 19.3. The average Bonchev–Trinajstić information content (AvgIpc) is 2.78. The summed E-state index contributed by atoms with van der Waals surface area (Å²) in [7, 11) is 0. The van der Waals surface area contributed by atoms with Crippen LogP contribution in [0.1, 0.15) is 36.6 Å².